The third kappa shape index (κ3) is 4.82. The van der Waals surface area contributed by atoms with Crippen LogP contribution in [0.25, 0.3) is 0 Å². The van der Waals surface area contributed by atoms with Crippen molar-refractivity contribution in [3.05, 3.63) is 59.2 Å². The van der Waals surface area contributed by atoms with Crippen molar-refractivity contribution in [3.63, 3.8) is 0 Å². The molecule has 1 N–H and O–H groups in total. The molecule has 1 aliphatic heterocycles. The van der Waals surface area contributed by atoms with E-state index in [1.54, 1.807) is 0 Å². The van der Waals surface area contributed by atoms with Crippen LogP contribution in [0.1, 0.15) is 60.6 Å². The van der Waals surface area contributed by atoms with Crippen LogP contribution in [0.4, 0.5) is 5.69 Å². The number of piperidine rings is 1. The second kappa shape index (κ2) is 8.94. The highest BCUT2D eigenvalue weighted by molar-refractivity contribution is 5.94. The summed E-state index contributed by atoms with van der Waals surface area (Å²) in [6, 6.07) is 14.1. The Morgan fingerprint density at radius 3 is 2.44 bits per heavy atom. The Morgan fingerprint density at radius 2 is 1.81 bits per heavy atom. The van der Waals surface area contributed by atoms with Crippen LogP contribution in [0.2, 0.25) is 0 Å². The van der Waals surface area contributed by atoms with Gasteiger partial charge in [0, 0.05) is 24.3 Å². The van der Waals surface area contributed by atoms with E-state index >= 15 is 0 Å². The summed E-state index contributed by atoms with van der Waals surface area (Å²) in [6.07, 6.45) is 3.88. The monoisotopic (exact) mass is 366 g/mol. The highest BCUT2D eigenvalue weighted by Crippen LogP contribution is 2.23. The number of aryl methyl sites for hydroxylation is 1. The largest absolute Gasteiger partial charge is 0.494 e. The van der Waals surface area contributed by atoms with E-state index in [0.717, 1.165) is 30.0 Å². The highest BCUT2D eigenvalue weighted by atomic mass is 16.5. The van der Waals surface area contributed by atoms with Crippen molar-refractivity contribution < 1.29 is 9.53 Å². The summed E-state index contributed by atoms with van der Waals surface area (Å²) in [7, 11) is 0. The average molecular weight is 367 g/mol. The molecule has 0 radical (unpaired) electrons. The molecule has 0 bridgehead atoms. The number of benzene rings is 2. The predicted molar refractivity (Wildman–Crippen MR) is 111 cm³/mol. The molecule has 1 atom stereocenters. The summed E-state index contributed by atoms with van der Waals surface area (Å²) in [5.74, 6) is 0.768. The van der Waals surface area contributed by atoms with Gasteiger partial charge in [-0.1, -0.05) is 12.1 Å². The average Bonchev–Trinajstić information content (AvgIpc) is 2.70. The summed E-state index contributed by atoms with van der Waals surface area (Å²) >= 11 is 0. The van der Waals surface area contributed by atoms with E-state index in [0.29, 0.717) is 12.2 Å². The number of anilines is 1. The van der Waals surface area contributed by atoms with E-state index < -0.39 is 0 Å². The molecule has 144 valence electrons. The van der Waals surface area contributed by atoms with Gasteiger partial charge in [-0.25, -0.2) is 0 Å². The van der Waals surface area contributed by atoms with E-state index in [1.165, 1.54) is 24.9 Å². The Labute approximate surface area is 162 Å². The molecule has 0 unspecified atom stereocenters. The number of carbonyl (C=O) groups excluding carboxylic acids is 1. The van der Waals surface area contributed by atoms with E-state index in [1.807, 2.05) is 39.0 Å². The predicted octanol–water partition coefficient (Wildman–Crippen LogP) is 4.88. The van der Waals surface area contributed by atoms with Gasteiger partial charge in [-0.05, 0) is 81.5 Å². The maximum Gasteiger partial charge on any atom is 0.251 e. The highest BCUT2D eigenvalue weighted by Gasteiger charge is 2.14. The van der Waals surface area contributed by atoms with Crippen LogP contribution in [-0.2, 0) is 0 Å². The molecule has 3 rings (SSSR count). The lowest BCUT2D eigenvalue weighted by molar-refractivity contribution is 0.0940. The fraction of sp³-hybridized carbons (Fsp3) is 0.435. The second-order valence-corrected chi connectivity index (χ2v) is 7.25. The lowest BCUT2D eigenvalue weighted by Crippen LogP contribution is -2.29. The molecule has 1 amide bonds. The second-order valence-electron chi connectivity index (χ2n) is 7.25. The Hall–Kier alpha value is -2.49. The van der Waals surface area contributed by atoms with Crippen molar-refractivity contribution in [1.82, 2.24) is 5.32 Å². The molecule has 4 nitrogen and oxygen atoms in total. The maximum atomic E-state index is 12.6. The van der Waals surface area contributed by atoms with Gasteiger partial charge in [0.25, 0.3) is 5.91 Å². The van der Waals surface area contributed by atoms with Gasteiger partial charge in [0.05, 0.1) is 12.6 Å². The number of hydrogen-bond acceptors (Lipinski definition) is 3. The molecular formula is C23H30N2O2. The van der Waals surface area contributed by atoms with Gasteiger partial charge >= 0.3 is 0 Å². The third-order valence-corrected chi connectivity index (χ3v) is 5.20. The Kier molecular flexibility index (Phi) is 6.38. The van der Waals surface area contributed by atoms with Gasteiger partial charge in [-0.15, -0.1) is 0 Å². The smallest absolute Gasteiger partial charge is 0.251 e. The summed E-state index contributed by atoms with van der Waals surface area (Å²) < 4.78 is 5.55. The molecule has 0 aliphatic carbocycles. The Morgan fingerprint density at radius 1 is 1.11 bits per heavy atom. The number of nitrogens with zero attached hydrogens (tertiary/aromatic N) is 1. The van der Waals surface area contributed by atoms with Crippen LogP contribution in [0.3, 0.4) is 0 Å². The van der Waals surface area contributed by atoms with Crippen molar-refractivity contribution in [3.8, 4) is 5.75 Å². The van der Waals surface area contributed by atoms with Crippen LogP contribution in [-0.4, -0.2) is 25.6 Å². The summed E-state index contributed by atoms with van der Waals surface area (Å²) in [6.45, 7) is 8.85. The lowest BCUT2D eigenvalue weighted by atomic mass is 10.0. The summed E-state index contributed by atoms with van der Waals surface area (Å²) in [4.78, 5) is 15.0. The van der Waals surface area contributed by atoms with Crippen molar-refractivity contribution in [2.24, 2.45) is 0 Å². The number of ether oxygens (including phenoxy) is 1. The normalized spacial score (nSPS) is 15.3. The fourth-order valence-electron chi connectivity index (χ4n) is 3.60. The Balaban J connectivity index is 1.63. The molecular weight excluding hydrogens is 336 g/mol. The molecule has 1 aliphatic rings. The van der Waals surface area contributed by atoms with Crippen LogP contribution in [0, 0.1) is 6.92 Å². The van der Waals surface area contributed by atoms with Crippen molar-refractivity contribution in [2.75, 3.05) is 24.6 Å². The van der Waals surface area contributed by atoms with Crippen molar-refractivity contribution in [1.29, 1.82) is 0 Å². The van der Waals surface area contributed by atoms with Crippen molar-refractivity contribution in [2.45, 2.75) is 46.1 Å². The van der Waals surface area contributed by atoms with Crippen molar-refractivity contribution >= 4 is 11.6 Å². The molecule has 27 heavy (non-hydrogen) atoms. The van der Waals surface area contributed by atoms with Gasteiger partial charge in [-0.3, -0.25) is 4.79 Å². The van der Waals surface area contributed by atoms with E-state index in [9.17, 15) is 4.79 Å². The van der Waals surface area contributed by atoms with Crippen LogP contribution >= 0.6 is 0 Å². The molecule has 0 saturated carbocycles. The number of amides is 1. The van der Waals surface area contributed by atoms with Gasteiger partial charge in [-0.2, -0.15) is 0 Å². The first-order chi connectivity index (χ1) is 13.1. The van der Waals surface area contributed by atoms with E-state index in [2.05, 4.69) is 34.5 Å². The van der Waals surface area contributed by atoms with Crippen LogP contribution < -0.4 is 15.0 Å². The Bertz CT molecular complexity index is 764. The zero-order chi connectivity index (χ0) is 19.2. The quantitative estimate of drug-likeness (QED) is 0.792. The number of carbonyl (C=O) groups is 1. The molecule has 2 aromatic rings. The van der Waals surface area contributed by atoms with E-state index in [-0.39, 0.29) is 11.9 Å². The van der Waals surface area contributed by atoms with Crippen LogP contribution in [0.5, 0.6) is 5.75 Å². The molecule has 4 heteroatoms. The SMILES string of the molecule is CCOc1ccc(C(=O)N[C@H](C)c2ccc(N3CCCCC3)cc2)cc1C. The minimum atomic E-state index is -0.0613. The first kappa shape index (κ1) is 19.3. The third-order valence-electron chi connectivity index (χ3n) is 5.20. The van der Waals surface area contributed by atoms with E-state index in [4.69, 9.17) is 4.74 Å². The fourth-order valence-corrected chi connectivity index (χ4v) is 3.60. The summed E-state index contributed by atoms with van der Waals surface area (Å²) in [5.41, 5.74) is 4.03. The van der Waals surface area contributed by atoms with Gasteiger partial charge in [0.2, 0.25) is 0 Å². The molecule has 2 aromatic carbocycles. The maximum absolute atomic E-state index is 12.6. The topological polar surface area (TPSA) is 41.6 Å². The lowest BCUT2D eigenvalue weighted by Gasteiger charge is -2.29. The van der Waals surface area contributed by atoms with Gasteiger partial charge in [0.1, 0.15) is 5.75 Å². The minimum absolute atomic E-state index is 0.0419. The zero-order valence-electron chi connectivity index (χ0n) is 16.6. The summed E-state index contributed by atoms with van der Waals surface area (Å²) in [5, 5.41) is 3.10. The molecule has 0 spiro atoms. The molecule has 1 heterocycles. The zero-order valence-corrected chi connectivity index (χ0v) is 16.6. The number of hydrogen-bond donors (Lipinski definition) is 1. The first-order valence-corrected chi connectivity index (χ1v) is 9.97. The van der Waals surface area contributed by atoms with Gasteiger partial charge in [0.15, 0.2) is 0 Å². The minimum Gasteiger partial charge on any atom is -0.494 e. The van der Waals surface area contributed by atoms with Gasteiger partial charge < -0.3 is 15.0 Å². The first-order valence-electron chi connectivity index (χ1n) is 9.97. The molecule has 1 saturated heterocycles. The van der Waals surface area contributed by atoms with Crippen LogP contribution in [0.15, 0.2) is 42.5 Å². The standard InChI is InChI=1S/C23H30N2O2/c1-4-27-22-13-10-20(16-17(22)2)23(26)24-18(3)19-8-11-21(12-9-19)25-14-6-5-7-15-25/h8-13,16,18H,4-7,14-15H2,1-3H3,(H,24,26)/t18-/m1/s1. The molecule has 0 aromatic heterocycles. The number of rotatable bonds is 6. The molecule has 1 fully saturated rings. The number of nitrogens with one attached hydrogen (secondary N) is 1.